The van der Waals surface area contributed by atoms with Crippen molar-refractivity contribution < 1.29 is 20.0 Å². The lowest BCUT2D eigenvalue weighted by Gasteiger charge is -2.58. The number of ether oxygens (including phenoxy) is 1. The highest BCUT2D eigenvalue weighted by molar-refractivity contribution is 5.89. The maximum absolute atomic E-state index is 12.8. The minimum atomic E-state index is -0.990. The van der Waals surface area contributed by atoms with Gasteiger partial charge in [0.15, 0.2) is 5.69 Å². The van der Waals surface area contributed by atoms with E-state index in [9.17, 15) is 10.0 Å². The fraction of sp³-hybridized carbons (Fsp3) is 0.735. The molecule has 216 valence electrons. The molecule has 3 fully saturated rings. The van der Waals surface area contributed by atoms with E-state index in [0.29, 0.717) is 11.0 Å². The second kappa shape index (κ2) is 11.3. The molecule has 4 aliphatic rings. The van der Waals surface area contributed by atoms with Crippen LogP contribution >= 0.6 is 0 Å². The van der Waals surface area contributed by atoms with Gasteiger partial charge < -0.3 is 9.94 Å². The van der Waals surface area contributed by atoms with E-state index in [1.54, 1.807) is 12.1 Å². The number of allylic oxidation sites excluding steroid dienone is 1. The zero-order chi connectivity index (χ0) is 27.9. The molecule has 2 N–H and O–H groups in total. The highest BCUT2D eigenvalue weighted by Crippen LogP contribution is 2.67. The summed E-state index contributed by atoms with van der Waals surface area (Å²) in [5, 5.41) is 19.3. The van der Waals surface area contributed by atoms with Crippen molar-refractivity contribution in [1.29, 1.82) is 0 Å². The lowest BCUT2D eigenvalue weighted by atomic mass is 9.47. The molecule has 3 saturated carbocycles. The molecule has 1 unspecified atom stereocenters. The van der Waals surface area contributed by atoms with Gasteiger partial charge in [-0.05, 0) is 103 Å². The van der Waals surface area contributed by atoms with E-state index in [4.69, 9.17) is 9.94 Å². The lowest BCUT2D eigenvalue weighted by Crippen LogP contribution is -2.99. The second-order valence-electron chi connectivity index (χ2n) is 14.4. The minimum Gasteiger partial charge on any atom is -0.595 e. The summed E-state index contributed by atoms with van der Waals surface area (Å²) in [6.07, 6.45) is 16.2. The van der Waals surface area contributed by atoms with Crippen LogP contribution in [0, 0.1) is 51.5 Å². The van der Waals surface area contributed by atoms with Crippen LogP contribution in [-0.2, 0) is 4.74 Å². The van der Waals surface area contributed by atoms with Crippen LogP contribution in [0.4, 0.5) is 5.69 Å². The normalized spacial score (nSPS) is 37.3. The summed E-state index contributed by atoms with van der Waals surface area (Å²) in [6, 6.07) is 6.06. The predicted octanol–water partition coefficient (Wildman–Crippen LogP) is 7.66. The van der Waals surface area contributed by atoms with Crippen molar-refractivity contribution in [3.05, 3.63) is 46.7 Å². The summed E-state index contributed by atoms with van der Waals surface area (Å²) in [5.74, 6) is 4.60. The molecule has 9 atom stereocenters. The topological polar surface area (TPSA) is 74.0 Å². The Balaban J connectivity index is 1.23. The molecular weight excluding hydrogens is 486 g/mol. The Labute approximate surface area is 235 Å². The van der Waals surface area contributed by atoms with E-state index in [-0.39, 0.29) is 23.2 Å². The van der Waals surface area contributed by atoms with Crippen LogP contribution < -0.4 is 5.23 Å². The number of benzene rings is 1. The van der Waals surface area contributed by atoms with Gasteiger partial charge in [-0.1, -0.05) is 65.5 Å². The molecule has 0 amide bonds. The third-order valence-electron chi connectivity index (χ3n) is 11.9. The molecule has 0 aromatic heterocycles. The van der Waals surface area contributed by atoms with E-state index in [1.165, 1.54) is 69.1 Å². The van der Waals surface area contributed by atoms with Crippen molar-refractivity contribution in [2.24, 2.45) is 46.3 Å². The number of fused-ring (bicyclic) bond motifs is 5. The van der Waals surface area contributed by atoms with Crippen LogP contribution in [0.5, 0.6) is 0 Å². The standard InChI is InChI=1S/C34H51NO4/c1-22(2)7-6-8-23(3)29-15-16-30-28-14-11-25-21-27(17-19-33(25,4)31(28)18-20-34(29,30)5)39-32(36)24-9-12-26(13-10-24)35(37)38/h9-13,22-23,27-31,35,37H,6-8,14-21H2,1-5H3/t23-,27+,28+,29+,30+,31-,33+,34-/m1/s1. The maximum atomic E-state index is 12.8. The van der Waals surface area contributed by atoms with Gasteiger partial charge in [-0.2, -0.15) is 5.23 Å². The first-order valence-electron chi connectivity index (χ1n) is 15.8. The predicted molar refractivity (Wildman–Crippen MR) is 154 cm³/mol. The van der Waals surface area contributed by atoms with Crippen LogP contribution in [0.3, 0.4) is 0 Å². The molecule has 5 heteroatoms. The summed E-state index contributed by atoms with van der Waals surface area (Å²) < 4.78 is 5.95. The van der Waals surface area contributed by atoms with Crippen LogP contribution in [0.25, 0.3) is 0 Å². The number of nitrogens with one attached hydrogen (secondary N) is 1. The zero-order valence-electron chi connectivity index (χ0n) is 24.9. The third-order valence-corrected chi connectivity index (χ3v) is 11.9. The van der Waals surface area contributed by atoms with Crippen molar-refractivity contribution >= 4 is 11.7 Å². The third kappa shape index (κ3) is 5.48. The van der Waals surface area contributed by atoms with Crippen molar-refractivity contribution in [2.75, 3.05) is 0 Å². The van der Waals surface area contributed by atoms with Gasteiger partial charge >= 0.3 is 5.97 Å². The quantitative estimate of drug-likeness (QED) is 0.203. The average molecular weight is 538 g/mol. The van der Waals surface area contributed by atoms with Gasteiger partial charge in [0.2, 0.25) is 0 Å². The van der Waals surface area contributed by atoms with E-state index < -0.39 is 5.23 Å². The highest BCUT2D eigenvalue weighted by atomic mass is 16.8. The molecule has 0 bridgehead atoms. The molecule has 5 nitrogen and oxygen atoms in total. The van der Waals surface area contributed by atoms with E-state index in [1.807, 2.05) is 0 Å². The van der Waals surface area contributed by atoms with E-state index in [0.717, 1.165) is 54.8 Å². The molecule has 4 aliphatic carbocycles. The second-order valence-corrected chi connectivity index (χ2v) is 14.4. The number of hydrogen-bond acceptors (Lipinski definition) is 4. The Kier molecular flexibility index (Phi) is 8.35. The summed E-state index contributed by atoms with van der Waals surface area (Å²) >= 11 is 0. The van der Waals surface area contributed by atoms with Crippen molar-refractivity contribution in [1.82, 2.24) is 0 Å². The molecule has 0 spiro atoms. The monoisotopic (exact) mass is 537 g/mol. The first kappa shape index (κ1) is 28.8. The maximum Gasteiger partial charge on any atom is 0.338 e. The fourth-order valence-corrected chi connectivity index (χ4v) is 9.72. The van der Waals surface area contributed by atoms with Gasteiger partial charge in [-0.15, -0.1) is 0 Å². The summed E-state index contributed by atoms with van der Waals surface area (Å²) in [4.78, 5) is 12.8. The number of quaternary nitrogens is 1. The largest absolute Gasteiger partial charge is 0.595 e. The Morgan fingerprint density at radius 2 is 1.79 bits per heavy atom. The molecule has 0 saturated heterocycles. The smallest absolute Gasteiger partial charge is 0.338 e. The average Bonchev–Trinajstić information content (AvgIpc) is 3.26. The molecular formula is C34H51NO4. The number of hydrogen-bond donors (Lipinski definition) is 2. The molecule has 5 rings (SSSR count). The number of carbonyl (C=O) groups is 1. The van der Waals surface area contributed by atoms with Gasteiger partial charge in [0.05, 0.1) is 5.56 Å². The molecule has 1 aromatic rings. The molecule has 0 radical (unpaired) electrons. The zero-order valence-corrected chi connectivity index (χ0v) is 24.9. The molecule has 0 aliphatic heterocycles. The Morgan fingerprint density at radius 1 is 1.05 bits per heavy atom. The minimum absolute atomic E-state index is 0.0936. The fourth-order valence-electron chi connectivity index (χ4n) is 9.72. The highest BCUT2D eigenvalue weighted by Gasteiger charge is 2.59. The molecule has 0 heterocycles. The van der Waals surface area contributed by atoms with Crippen molar-refractivity contribution in [3.63, 3.8) is 0 Å². The van der Waals surface area contributed by atoms with E-state index >= 15 is 0 Å². The van der Waals surface area contributed by atoms with Gasteiger partial charge in [-0.3, -0.25) is 0 Å². The summed E-state index contributed by atoms with van der Waals surface area (Å²) in [6.45, 7) is 12.4. The lowest BCUT2D eigenvalue weighted by molar-refractivity contribution is -0.991. The van der Waals surface area contributed by atoms with Crippen LogP contribution in [0.1, 0.15) is 116 Å². The molecule has 39 heavy (non-hydrogen) atoms. The Hall–Kier alpha value is -1.69. The van der Waals surface area contributed by atoms with Crippen molar-refractivity contribution in [2.45, 2.75) is 111 Å². The van der Waals surface area contributed by atoms with Crippen LogP contribution in [-0.4, -0.2) is 17.3 Å². The Bertz CT molecular complexity index is 1050. The number of esters is 1. The summed E-state index contributed by atoms with van der Waals surface area (Å²) in [7, 11) is 0. The van der Waals surface area contributed by atoms with Gasteiger partial charge in [-0.25, -0.2) is 10.0 Å². The van der Waals surface area contributed by atoms with Gasteiger partial charge in [0, 0.05) is 18.6 Å². The Morgan fingerprint density at radius 3 is 2.49 bits per heavy atom. The number of rotatable bonds is 8. The number of carbonyl (C=O) groups excluding carboxylic acids is 1. The first-order chi connectivity index (χ1) is 18.5. The van der Waals surface area contributed by atoms with Crippen LogP contribution in [0.15, 0.2) is 35.9 Å². The van der Waals surface area contributed by atoms with Crippen LogP contribution in [0.2, 0.25) is 0 Å². The summed E-state index contributed by atoms with van der Waals surface area (Å²) in [5.41, 5.74) is 2.86. The first-order valence-corrected chi connectivity index (χ1v) is 15.8. The van der Waals surface area contributed by atoms with Gasteiger partial charge in [0.1, 0.15) is 6.10 Å². The van der Waals surface area contributed by atoms with Crippen molar-refractivity contribution in [3.8, 4) is 0 Å². The van der Waals surface area contributed by atoms with Gasteiger partial charge in [0.25, 0.3) is 0 Å². The molecule has 1 aromatic carbocycles. The SMILES string of the molecule is CC(C)CCC[C@@H](C)[C@@H]1CC[C@H]2[C@@H]3CC=C4C[C@@H](OC(=O)c5ccc([NH+]([O-])O)cc5)CC[C@]4(C)[C@@H]3CC[C@@]21C. The van der Waals surface area contributed by atoms with E-state index in [2.05, 4.69) is 40.7 Å².